The van der Waals surface area contributed by atoms with E-state index in [2.05, 4.69) is 18.3 Å². The molecule has 0 radical (unpaired) electrons. The number of ether oxygens (including phenoxy) is 1. The van der Waals surface area contributed by atoms with Crippen LogP contribution in [0.4, 0.5) is 5.69 Å². The van der Waals surface area contributed by atoms with E-state index in [0.29, 0.717) is 17.9 Å². The van der Waals surface area contributed by atoms with E-state index in [0.717, 1.165) is 43.4 Å². The maximum atomic E-state index is 13.0. The van der Waals surface area contributed by atoms with Gasteiger partial charge in [-0.25, -0.2) is 4.79 Å². The minimum absolute atomic E-state index is 0.0516. The summed E-state index contributed by atoms with van der Waals surface area (Å²) >= 11 is 1.65. The number of hydrogen-bond donors (Lipinski definition) is 1. The highest BCUT2D eigenvalue weighted by atomic mass is 32.1. The Balaban J connectivity index is 1.67. The van der Waals surface area contributed by atoms with E-state index in [9.17, 15) is 9.59 Å². The van der Waals surface area contributed by atoms with Crippen LogP contribution in [-0.4, -0.2) is 18.5 Å². The molecule has 1 amide bonds. The number of rotatable bonds is 7. The summed E-state index contributed by atoms with van der Waals surface area (Å²) in [6.45, 7) is 2.50. The normalized spacial score (nSPS) is 15.6. The van der Waals surface area contributed by atoms with Gasteiger partial charge in [-0.2, -0.15) is 0 Å². The fourth-order valence-corrected chi connectivity index (χ4v) is 4.43. The number of nitrogens with one attached hydrogen (secondary N) is 1. The van der Waals surface area contributed by atoms with Gasteiger partial charge in [0.25, 0.3) is 0 Å². The number of carbonyl (C=O) groups is 2. The van der Waals surface area contributed by atoms with E-state index >= 15 is 0 Å². The molecule has 0 bridgehead atoms. The molecule has 138 valence electrons. The van der Waals surface area contributed by atoms with Crippen molar-refractivity contribution in [3.8, 4) is 0 Å². The lowest BCUT2D eigenvalue weighted by Gasteiger charge is -2.26. The zero-order chi connectivity index (χ0) is 18.4. The molecule has 0 atom stereocenters. The minimum atomic E-state index is -0.411. The molecule has 26 heavy (non-hydrogen) atoms. The number of esters is 1. The lowest BCUT2D eigenvalue weighted by molar-refractivity contribution is -0.121. The zero-order valence-corrected chi connectivity index (χ0v) is 15.9. The summed E-state index contributed by atoms with van der Waals surface area (Å²) in [6, 6.07) is 11.0. The van der Waals surface area contributed by atoms with Gasteiger partial charge in [-0.3, -0.25) is 4.79 Å². The number of anilines is 1. The Labute approximate surface area is 158 Å². The van der Waals surface area contributed by atoms with Gasteiger partial charge in [0, 0.05) is 10.6 Å². The second kappa shape index (κ2) is 8.49. The molecular formula is C21H25NO3S. The summed E-state index contributed by atoms with van der Waals surface area (Å²) in [7, 11) is 0. The standard InChI is InChI=1S/C21H25NO3S/c1-2-3-14-25-19(23)16-8-10-17(11-9-16)22-20(24)21(12-4-5-13-21)18-7-6-15-26-18/h6-11,15H,2-5,12-14H2,1H3,(H,22,24). The van der Waals surface area contributed by atoms with Crippen LogP contribution < -0.4 is 5.32 Å². The molecule has 0 unspecified atom stereocenters. The predicted molar refractivity (Wildman–Crippen MR) is 105 cm³/mol. The Morgan fingerprint density at radius 3 is 2.50 bits per heavy atom. The molecule has 0 saturated heterocycles. The Kier molecular flexibility index (Phi) is 6.09. The number of hydrogen-bond acceptors (Lipinski definition) is 4. The van der Waals surface area contributed by atoms with Crippen molar-refractivity contribution in [1.29, 1.82) is 0 Å². The highest BCUT2D eigenvalue weighted by Crippen LogP contribution is 2.43. The van der Waals surface area contributed by atoms with Crippen molar-refractivity contribution in [2.45, 2.75) is 50.9 Å². The van der Waals surface area contributed by atoms with Gasteiger partial charge in [-0.15, -0.1) is 11.3 Å². The molecule has 1 aliphatic carbocycles. The van der Waals surface area contributed by atoms with Crippen LogP contribution in [0.1, 0.15) is 60.7 Å². The molecule has 1 aromatic carbocycles. The Hall–Kier alpha value is -2.14. The maximum absolute atomic E-state index is 13.0. The van der Waals surface area contributed by atoms with Crippen LogP contribution in [-0.2, 0) is 14.9 Å². The number of benzene rings is 1. The molecule has 2 aromatic rings. The van der Waals surface area contributed by atoms with Gasteiger partial charge in [-0.1, -0.05) is 32.3 Å². The first-order valence-corrected chi connectivity index (χ1v) is 10.2. The van der Waals surface area contributed by atoms with Crippen LogP contribution in [0.2, 0.25) is 0 Å². The van der Waals surface area contributed by atoms with E-state index in [1.54, 1.807) is 35.6 Å². The number of thiophene rings is 1. The largest absolute Gasteiger partial charge is 0.462 e. The van der Waals surface area contributed by atoms with E-state index in [1.807, 2.05) is 11.4 Å². The lowest BCUT2D eigenvalue weighted by atomic mass is 9.83. The van der Waals surface area contributed by atoms with Gasteiger partial charge in [0.1, 0.15) is 0 Å². The Morgan fingerprint density at radius 2 is 1.88 bits per heavy atom. The van der Waals surface area contributed by atoms with Crippen molar-refractivity contribution < 1.29 is 14.3 Å². The van der Waals surface area contributed by atoms with Crippen molar-refractivity contribution in [1.82, 2.24) is 0 Å². The van der Waals surface area contributed by atoms with E-state index in [-0.39, 0.29) is 11.9 Å². The molecule has 0 spiro atoms. The molecule has 1 saturated carbocycles. The second-order valence-corrected chi connectivity index (χ2v) is 7.74. The van der Waals surface area contributed by atoms with Crippen LogP contribution in [0.15, 0.2) is 41.8 Å². The highest BCUT2D eigenvalue weighted by molar-refractivity contribution is 7.10. The number of amides is 1. The third-order valence-electron chi connectivity index (χ3n) is 4.99. The lowest BCUT2D eigenvalue weighted by Crippen LogP contribution is -2.37. The molecule has 1 fully saturated rings. The first kappa shape index (κ1) is 18.6. The zero-order valence-electron chi connectivity index (χ0n) is 15.1. The van der Waals surface area contributed by atoms with Crippen LogP contribution in [0.25, 0.3) is 0 Å². The van der Waals surface area contributed by atoms with Gasteiger partial charge in [0.05, 0.1) is 17.6 Å². The second-order valence-electron chi connectivity index (χ2n) is 6.79. The summed E-state index contributed by atoms with van der Waals surface area (Å²) in [6.07, 6.45) is 5.79. The summed E-state index contributed by atoms with van der Waals surface area (Å²) < 4.78 is 5.21. The van der Waals surface area contributed by atoms with E-state index in [1.165, 1.54) is 0 Å². The van der Waals surface area contributed by atoms with E-state index < -0.39 is 5.41 Å². The Morgan fingerprint density at radius 1 is 1.15 bits per heavy atom. The smallest absolute Gasteiger partial charge is 0.338 e. The molecule has 1 aromatic heterocycles. The first-order chi connectivity index (χ1) is 12.7. The van der Waals surface area contributed by atoms with E-state index in [4.69, 9.17) is 4.74 Å². The van der Waals surface area contributed by atoms with Crippen LogP contribution in [0.5, 0.6) is 0 Å². The van der Waals surface area contributed by atoms with Crippen LogP contribution in [0, 0.1) is 0 Å². The molecule has 0 aliphatic heterocycles. The SMILES string of the molecule is CCCCOC(=O)c1ccc(NC(=O)C2(c3cccs3)CCCC2)cc1. The quantitative estimate of drug-likeness (QED) is 0.540. The molecule has 1 N–H and O–H groups in total. The third kappa shape index (κ3) is 3.98. The molecule has 5 heteroatoms. The topological polar surface area (TPSA) is 55.4 Å². The fourth-order valence-electron chi connectivity index (χ4n) is 3.45. The summed E-state index contributed by atoms with van der Waals surface area (Å²) in [5.41, 5.74) is 0.808. The van der Waals surface area contributed by atoms with Crippen molar-refractivity contribution >= 4 is 28.9 Å². The summed E-state index contributed by atoms with van der Waals surface area (Å²) in [4.78, 5) is 26.1. The van der Waals surface area contributed by atoms with Crippen molar-refractivity contribution in [3.63, 3.8) is 0 Å². The summed E-state index contributed by atoms with van der Waals surface area (Å²) in [5, 5.41) is 5.08. The van der Waals surface area contributed by atoms with Crippen molar-refractivity contribution in [2.75, 3.05) is 11.9 Å². The molecule has 3 rings (SSSR count). The van der Waals surface area contributed by atoms with Gasteiger partial charge >= 0.3 is 5.97 Å². The predicted octanol–water partition coefficient (Wildman–Crippen LogP) is 5.16. The van der Waals surface area contributed by atoms with Gasteiger partial charge < -0.3 is 10.1 Å². The maximum Gasteiger partial charge on any atom is 0.338 e. The number of unbranched alkanes of at least 4 members (excludes halogenated alkanes) is 1. The first-order valence-electron chi connectivity index (χ1n) is 9.28. The summed E-state index contributed by atoms with van der Waals surface area (Å²) in [5.74, 6) is -0.266. The highest BCUT2D eigenvalue weighted by Gasteiger charge is 2.43. The monoisotopic (exact) mass is 371 g/mol. The fraction of sp³-hybridized carbons (Fsp3) is 0.429. The minimum Gasteiger partial charge on any atom is -0.462 e. The van der Waals surface area contributed by atoms with Crippen LogP contribution >= 0.6 is 11.3 Å². The average molecular weight is 372 g/mol. The average Bonchev–Trinajstić information content (AvgIpc) is 3.34. The van der Waals surface area contributed by atoms with Gasteiger partial charge in [-0.05, 0) is 55.0 Å². The molecule has 4 nitrogen and oxygen atoms in total. The number of carbonyl (C=O) groups excluding carboxylic acids is 2. The van der Waals surface area contributed by atoms with Crippen LogP contribution in [0.3, 0.4) is 0 Å². The molecule has 1 heterocycles. The van der Waals surface area contributed by atoms with Crippen molar-refractivity contribution in [2.24, 2.45) is 0 Å². The van der Waals surface area contributed by atoms with Gasteiger partial charge in [0.15, 0.2) is 0 Å². The third-order valence-corrected chi connectivity index (χ3v) is 6.07. The molecular weight excluding hydrogens is 346 g/mol. The molecule has 1 aliphatic rings. The Bertz CT molecular complexity index is 731. The van der Waals surface area contributed by atoms with Gasteiger partial charge in [0.2, 0.25) is 5.91 Å². The van der Waals surface area contributed by atoms with Crippen molar-refractivity contribution in [3.05, 3.63) is 52.2 Å².